The summed E-state index contributed by atoms with van der Waals surface area (Å²) >= 11 is 0. The Morgan fingerprint density at radius 3 is 2.75 bits per heavy atom. The lowest BCUT2D eigenvalue weighted by Crippen LogP contribution is -2.39. The van der Waals surface area contributed by atoms with Gasteiger partial charge in [0.25, 0.3) is 0 Å². The molecular formula is C4H9NO3. The predicted octanol–water partition coefficient (Wildman–Crippen LogP) is -1.22. The number of hydrogen-bond donors (Lipinski definition) is 3. The number of carboxylic acids is 1. The standard InChI is InChI=1S/C4H9NO3/c1-2(6)3(5)4(7)8/h2-3,6H,5H2,1H3,(H,7,8)/t2-,3+/m1/s1/i1+1D3,2+1D,3+1D,4+1,5+1. The van der Waals surface area contributed by atoms with Gasteiger partial charge in [-0.25, -0.2) is 0 Å². The Hall–Kier alpha value is -0.610. The van der Waals surface area contributed by atoms with Crippen molar-refractivity contribution in [1.29, 1.82) is 0 Å². The Morgan fingerprint density at radius 2 is 2.62 bits per heavy atom. The maximum atomic E-state index is 10.3. The van der Waals surface area contributed by atoms with Crippen molar-refractivity contribution in [2.75, 3.05) is 0 Å². The highest BCUT2D eigenvalue weighted by molar-refractivity contribution is 5.73. The highest BCUT2D eigenvalue weighted by Gasteiger charge is 2.16. The van der Waals surface area contributed by atoms with Gasteiger partial charge in [0.05, 0.1) is 8.82 Å². The van der Waals surface area contributed by atoms with E-state index in [0.29, 0.717) is 0 Å². The van der Waals surface area contributed by atoms with Crippen LogP contribution in [-0.2, 0) is 4.79 Å². The van der Waals surface area contributed by atoms with Crippen molar-refractivity contribution in [2.24, 2.45) is 5.73 Å². The van der Waals surface area contributed by atoms with Crippen LogP contribution in [0.5, 0.6) is 0 Å². The van der Waals surface area contributed by atoms with Crippen LogP contribution in [0, 0.1) is 0 Å². The summed E-state index contributed by atoms with van der Waals surface area (Å²) in [6.07, 6.45) is -3.55. The van der Waals surface area contributed by atoms with Crippen LogP contribution >= 0.6 is 0 Å². The van der Waals surface area contributed by atoms with Gasteiger partial charge in [-0.15, -0.1) is 0 Å². The second-order valence-electron chi connectivity index (χ2n) is 1.07. The van der Waals surface area contributed by atoms with E-state index in [1.54, 1.807) is 0 Å². The first kappa shape index (κ1) is 2.33. The van der Waals surface area contributed by atoms with Crippen molar-refractivity contribution in [1.82, 2.24) is 0 Å². The Kier molecular flexibility index (Phi) is 0.767. The first-order valence-corrected chi connectivity index (χ1v) is 1.69. The number of carboxylic acid groups (broad SMARTS) is 1. The number of hydrogen-bond acceptors (Lipinski definition) is 3. The molecule has 0 heterocycles. The van der Waals surface area contributed by atoms with Gasteiger partial charge in [-0.05, 0) is 6.85 Å². The Labute approximate surface area is 53.9 Å². The molecule has 0 aliphatic rings. The van der Waals surface area contributed by atoms with Gasteiger partial charge in [0.15, 0.2) is 0 Å². The Morgan fingerprint density at radius 1 is 2.12 bits per heavy atom. The van der Waals surface area contributed by atoms with Crippen molar-refractivity contribution < 1.29 is 21.9 Å². The average molecular weight is 129 g/mol. The number of aliphatic hydroxyl groups is 1. The molecule has 8 heavy (non-hydrogen) atoms. The van der Waals surface area contributed by atoms with E-state index < -0.39 is 24.9 Å². The molecule has 4 nitrogen and oxygen atoms in total. The minimum atomic E-state index is -3.55. The number of nitrogens with two attached hydrogens (primary N) is 1. The van der Waals surface area contributed by atoms with Crippen LogP contribution in [-0.4, -0.2) is 28.3 Å². The lowest BCUT2D eigenvalue weighted by molar-refractivity contribution is -0.140. The molecule has 2 atom stereocenters. The van der Waals surface area contributed by atoms with E-state index in [9.17, 15) is 4.79 Å². The zero-order valence-corrected chi connectivity index (χ0v) is 3.88. The van der Waals surface area contributed by atoms with Crippen molar-refractivity contribution in [3.8, 4) is 0 Å². The van der Waals surface area contributed by atoms with E-state index in [-0.39, 0.29) is 0 Å². The molecule has 0 rings (SSSR count). The molecule has 0 saturated carbocycles. The second-order valence-corrected chi connectivity index (χ2v) is 1.07. The molecule has 0 radical (unpaired) electrons. The van der Waals surface area contributed by atoms with Gasteiger partial charge in [0.1, 0.15) is 6.02 Å². The number of rotatable bonds is 2. The molecule has 0 spiro atoms. The van der Waals surface area contributed by atoms with E-state index in [2.05, 4.69) is 0 Å². The van der Waals surface area contributed by atoms with Crippen molar-refractivity contribution in [2.45, 2.75) is 18.9 Å². The molecule has 0 aliphatic heterocycles. The average Bonchev–Trinajstić information content (AvgIpc) is 1.84. The van der Waals surface area contributed by atoms with E-state index in [1.807, 2.05) is 0 Å². The molecule has 0 aromatic rings. The van der Waals surface area contributed by atoms with Crippen molar-refractivity contribution in [3.05, 3.63) is 0 Å². The molecule has 0 bridgehead atoms. The maximum Gasteiger partial charge on any atom is 0.323 e. The third kappa shape index (κ3) is 1.90. The smallest absolute Gasteiger partial charge is 0.323 e. The van der Waals surface area contributed by atoms with Crippen LogP contribution in [0.1, 0.15) is 13.7 Å². The number of aliphatic carboxylic acids is 1. The summed E-state index contributed by atoms with van der Waals surface area (Å²) in [6.45, 7) is -3.36. The van der Waals surface area contributed by atoms with Gasteiger partial charge in [0, 0.05) is 4.11 Å². The summed E-state index contributed by atoms with van der Waals surface area (Å²) in [5.74, 6) is -2.08. The molecule has 0 unspecified atom stereocenters. The maximum absolute atomic E-state index is 10.3. The zero-order valence-electron chi connectivity index (χ0n) is 8.88. The first-order chi connectivity index (χ1) is 5.44. The molecule has 48 valence electrons. The summed E-state index contributed by atoms with van der Waals surface area (Å²) in [7, 11) is 0. The van der Waals surface area contributed by atoms with Gasteiger partial charge in [-0.2, -0.15) is 0 Å². The lowest BCUT2D eigenvalue weighted by Gasteiger charge is -2.06. The SMILES string of the molecule is [2H][13C]([2H])([2H])[13C@@]([2H])(O)[13C@]([2H])([15NH2])[13C](=O)O. The van der Waals surface area contributed by atoms with Gasteiger partial charge in [-0.1, -0.05) is 0 Å². The molecule has 0 fully saturated rings. The molecule has 0 amide bonds. The predicted molar refractivity (Wildman–Crippen MR) is 27.3 cm³/mol. The van der Waals surface area contributed by atoms with Gasteiger partial charge in [0.2, 0.25) is 0 Å². The molecule has 0 aromatic heterocycles. The van der Waals surface area contributed by atoms with Crippen LogP contribution < -0.4 is 5.73 Å². The van der Waals surface area contributed by atoms with Gasteiger partial charge < -0.3 is 15.9 Å². The minimum absolute atomic E-state index is 2.08. The van der Waals surface area contributed by atoms with Crippen LogP contribution in [0.15, 0.2) is 0 Å². The third-order valence-corrected chi connectivity index (χ3v) is 0.486. The van der Waals surface area contributed by atoms with E-state index >= 15 is 0 Å². The third-order valence-electron chi connectivity index (χ3n) is 0.486. The summed E-state index contributed by atoms with van der Waals surface area (Å²) in [6, 6.07) is -3.29. The van der Waals surface area contributed by atoms with E-state index in [1.165, 1.54) is 0 Å². The zero-order chi connectivity index (χ0) is 11.1. The second kappa shape index (κ2) is 2.64. The molecule has 4 N–H and O–H groups in total. The summed E-state index contributed by atoms with van der Waals surface area (Å²) in [5, 5.41) is 17.3. The first-order valence-electron chi connectivity index (χ1n) is 4.19. The quantitative estimate of drug-likeness (QED) is 0.322. The fourth-order valence-corrected chi connectivity index (χ4v) is 0.101. The van der Waals surface area contributed by atoms with Crippen LogP contribution in [0.25, 0.3) is 0 Å². The largest absolute Gasteiger partial charge is 0.480 e. The van der Waals surface area contributed by atoms with Crippen LogP contribution in [0.4, 0.5) is 0 Å². The highest BCUT2D eigenvalue weighted by Crippen LogP contribution is 1.85. The summed E-state index contributed by atoms with van der Waals surface area (Å²) < 4.78 is 33.5. The summed E-state index contributed by atoms with van der Waals surface area (Å²) in [5.41, 5.74) is 4.69. The van der Waals surface area contributed by atoms with Crippen molar-refractivity contribution >= 4 is 5.97 Å². The fourth-order valence-electron chi connectivity index (χ4n) is 0.101. The molecule has 0 aromatic carbocycles. The van der Waals surface area contributed by atoms with E-state index in [0.717, 1.165) is 0 Å². The number of carbonyl (C=O) groups is 1. The minimum Gasteiger partial charge on any atom is -0.480 e. The Bertz CT molecular complexity index is 222. The van der Waals surface area contributed by atoms with Crippen LogP contribution in [0.3, 0.4) is 0 Å². The molecule has 0 saturated heterocycles. The van der Waals surface area contributed by atoms with Crippen molar-refractivity contribution in [3.63, 3.8) is 0 Å². The molecule has 0 aliphatic carbocycles. The summed E-state index contributed by atoms with van der Waals surface area (Å²) in [4.78, 5) is 10.3. The van der Waals surface area contributed by atoms with Gasteiger partial charge in [-0.3, -0.25) is 4.79 Å². The topological polar surface area (TPSA) is 83.5 Å². The Balaban J connectivity index is 5.16. The fraction of sp³-hybridized carbons (Fsp3) is 0.750. The molecular weight excluding hydrogens is 115 g/mol. The van der Waals surface area contributed by atoms with Gasteiger partial charge >= 0.3 is 5.97 Å². The van der Waals surface area contributed by atoms with E-state index in [4.69, 9.17) is 22.8 Å². The molecule has 4 heteroatoms. The monoisotopic (exact) mass is 129 g/mol. The normalized spacial score (nSPS) is 36.0. The lowest BCUT2D eigenvalue weighted by atomic mass is 11.2. The van der Waals surface area contributed by atoms with Crippen LogP contribution in [0.2, 0.25) is 0 Å². The highest BCUT2D eigenvalue weighted by atomic mass is 16.5.